The summed E-state index contributed by atoms with van der Waals surface area (Å²) in [6, 6.07) is 6.09. The van der Waals surface area contributed by atoms with Crippen molar-refractivity contribution >= 4 is 11.8 Å². The number of amides is 2. The SMILES string of the molecule is Cc1ccc(OCC(=O)N2CCCN(C(=O)C(C)C)CC2)c(C(C)(C)C)c1. The lowest BCUT2D eigenvalue weighted by atomic mass is 9.85. The van der Waals surface area contributed by atoms with Gasteiger partial charge in [-0.05, 0) is 30.4 Å². The second-order valence-corrected chi connectivity index (χ2v) is 8.75. The number of hydrogen-bond donors (Lipinski definition) is 0. The molecule has 0 N–H and O–H groups in total. The van der Waals surface area contributed by atoms with Crippen molar-refractivity contribution in [3.63, 3.8) is 0 Å². The molecule has 0 bridgehead atoms. The fraction of sp³-hybridized carbons (Fsp3) is 0.636. The fourth-order valence-corrected chi connectivity index (χ4v) is 3.34. The lowest BCUT2D eigenvalue weighted by Crippen LogP contribution is -2.40. The van der Waals surface area contributed by atoms with Crippen molar-refractivity contribution in [2.75, 3.05) is 32.8 Å². The Kier molecular flexibility index (Phi) is 6.90. The van der Waals surface area contributed by atoms with E-state index in [0.717, 1.165) is 17.7 Å². The van der Waals surface area contributed by atoms with E-state index in [1.807, 2.05) is 35.8 Å². The van der Waals surface area contributed by atoms with Gasteiger partial charge in [-0.15, -0.1) is 0 Å². The van der Waals surface area contributed by atoms with Gasteiger partial charge in [0.15, 0.2) is 6.61 Å². The van der Waals surface area contributed by atoms with Gasteiger partial charge in [0.05, 0.1) is 0 Å². The lowest BCUT2D eigenvalue weighted by Gasteiger charge is -2.25. The number of hydrogen-bond acceptors (Lipinski definition) is 3. The van der Waals surface area contributed by atoms with Crippen LogP contribution in [0.25, 0.3) is 0 Å². The third-order valence-electron chi connectivity index (χ3n) is 4.95. The Morgan fingerprint density at radius 3 is 2.33 bits per heavy atom. The quantitative estimate of drug-likeness (QED) is 0.812. The van der Waals surface area contributed by atoms with E-state index < -0.39 is 0 Å². The first-order valence-electron chi connectivity index (χ1n) is 9.90. The molecular weight excluding hydrogens is 340 g/mol. The van der Waals surface area contributed by atoms with E-state index in [0.29, 0.717) is 26.2 Å². The first kappa shape index (κ1) is 21.3. The molecule has 150 valence electrons. The molecule has 5 nitrogen and oxygen atoms in total. The molecule has 0 atom stereocenters. The number of rotatable bonds is 4. The zero-order valence-electron chi connectivity index (χ0n) is 17.7. The van der Waals surface area contributed by atoms with Crippen LogP contribution in [-0.2, 0) is 15.0 Å². The second kappa shape index (κ2) is 8.77. The van der Waals surface area contributed by atoms with E-state index in [4.69, 9.17) is 4.74 Å². The molecular formula is C22H34N2O3. The molecule has 0 radical (unpaired) electrons. The van der Waals surface area contributed by atoms with Crippen LogP contribution in [0, 0.1) is 12.8 Å². The molecule has 1 aliphatic rings. The zero-order valence-corrected chi connectivity index (χ0v) is 17.7. The first-order chi connectivity index (χ1) is 12.6. The average Bonchev–Trinajstić information content (AvgIpc) is 2.85. The molecule has 1 aromatic rings. The molecule has 1 fully saturated rings. The van der Waals surface area contributed by atoms with E-state index in [1.165, 1.54) is 5.56 Å². The molecule has 1 aliphatic heterocycles. The normalized spacial score (nSPS) is 15.7. The van der Waals surface area contributed by atoms with E-state index in [9.17, 15) is 9.59 Å². The smallest absolute Gasteiger partial charge is 0.260 e. The lowest BCUT2D eigenvalue weighted by molar-refractivity contribution is -0.136. The van der Waals surface area contributed by atoms with Crippen LogP contribution in [0.15, 0.2) is 18.2 Å². The van der Waals surface area contributed by atoms with Crippen LogP contribution in [0.4, 0.5) is 0 Å². The maximum Gasteiger partial charge on any atom is 0.260 e. The third-order valence-corrected chi connectivity index (χ3v) is 4.95. The fourth-order valence-electron chi connectivity index (χ4n) is 3.34. The summed E-state index contributed by atoms with van der Waals surface area (Å²) in [5.74, 6) is 0.908. The predicted octanol–water partition coefficient (Wildman–Crippen LogP) is 3.39. The topological polar surface area (TPSA) is 49.9 Å². The van der Waals surface area contributed by atoms with Crippen molar-refractivity contribution in [1.82, 2.24) is 9.80 Å². The van der Waals surface area contributed by atoms with E-state index >= 15 is 0 Å². The largest absolute Gasteiger partial charge is 0.483 e. The molecule has 1 aromatic carbocycles. The molecule has 0 unspecified atom stereocenters. The number of aryl methyl sites for hydroxylation is 1. The van der Waals surface area contributed by atoms with Gasteiger partial charge < -0.3 is 14.5 Å². The summed E-state index contributed by atoms with van der Waals surface area (Å²) in [7, 11) is 0. The van der Waals surface area contributed by atoms with E-state index in [-0.39, 0.29) is 29.8 Å². The number of nitrogens with zero attached hydrogens (tertiary/aromatic N) is 2. The Labute approximate surface area is 163 Å². The van der Waals surface area contributed by atoms with Gasteiger partial charge in [0.1, 0.15) is 5.75 Å². The number of carbonyl (C=O) groups is 2. The monoisotopic (exact) mass is 374 g/mol. The summed E-state index contributed by atoms with van der Waals surface area (Å²) >= 11 is 0. The molecule has 0 aliphatic carbocycles. The summed E-state index contributed by atoms with van der Waals surface area (Å²) in [5, 5.41) is 0. The van der Waals surface area contributed by atoms with Gasteiger partial charge in [-0.1, -0.05) is 52.3 Å². The van der Waals surface area contributed by atoms with Crippen LogP contribution < -0.4 is 4.74 Å². The van der Waals surface area contributed by atoms with Crippen LogP contribution in [-0.4, -0.2) is 54.4 Å². The summed E-state index contributed by atoms with van der Waals surface area (Å²) in [6.07, 6.45) is 0.808. The number of carbonyl (C=O) groups excluding carboxylic acids is 2. The number of benzene rings is 1. The molecule has 5 heteroatoms. The van der Waals surface area contributed by atoms with Gasteiger partial charge in [0, 0.05) is 32.1 Å². The van der Waals surface area contributed by atoms with Gasteiger partial charge in [0.25, 0.3) is 5.91 Å². The van der Waals surface area contributed by atoms with Crippen LogP contribution in [0.2, 0.25) is 0 Å². The molecule has 2 amide bonds. The summed E-state index contributed by atoms with van der Waals surface area (Å²) < 4.78 is 5.92. The Hall–Kier alpha value is -2.04. The average molecular weight is 375 g/mol. The van der Waals surface area contributed by atoms with Crippen LogP contribution in [0.1, 0.15) is 52.2 Å². The molecule has 27 heavy (non-hydrogen) atoms. The van der Waals surface area contributed by atoms with Crippen molar-refractivity contribution in [1.29, 1.82) is 0 Å². The Balaban J connectivity index is 1.98. The minimum Gasteiger partial charge on any atom is -0.483 e. The van der Waals surface area contributed by atoms with Gasteiger partial charge in [-0.25, -0.2) is 0 Å². The highest BCUT2D eigenvalue weighted by atomic mass is 16.5. The van der Waals surface area contributed by atoms with Crippen LogP contribution in [0.3, 0.4) is 0 Å². The molecule has 0 aromatic heterocycles. The Morgan fingerprint density at radius 2 is 1.70 bits per heavy atom. The molecule has 0 saturated carbocycles. The summed E-state index contributed by atoms with van der Waals surface area (Å²) in [4.78, 5) is 28.5. The van der Waals surface area contributed by atoms with E-state index in [2.05, 4.69) is 33.8 Å². The van der Waals surface area contributed by atoms with Crippen molar-refractivity contribution in [3.05, 3.63) is 29.3 Å². The van der Waals surface area contributed by atoms with Gasteiger partial charge in [0.2, 0.25) is 5.91 Å². The van der Waals surface area contributed by atoms with Crippen molar-refractivity contribution in [2.24, 2.45) is 5.92 Å². The first-order valence-corrected chi connectivity index (χ1v) is 9.90. The van der Waals surface area contributed by atoms with Crippen LogP contribution in [0.5, 0.6) is 5.75 Å². The Bertz CT molecular complexity index is 677. The van der Waals surface area contributed by atoms with Crippen molar-refractivity contribution in [3.8, 4) is 5.75 Å². The molecule has 1 heterocycles. The maximum absolute atomic E-state index is 12.7. The molecule has 0 spiro atoms. The zero-order chi connectivity index (χ0) is 20.2. The van der Waals surface area contributed by atoms with Gasteiger partial charge in [-0.2, -0.15) is 0 Å². The van der Waals surface area contributed by atoms with Crippen LogP contribution >= 0.6 is 0 Å². The predicted molar refractivity (Wildman–Crippen MR) is 108 cm³/mol. The van der Waals surface area contributed by atoms with Gasteiger partial charge in [-0.3, -0.25) is 9.59 Å². The van der Waals surface area contributed by atoms with E-state index in [1.54, 1.807) is 0 Å². The minimum atomic E-state index is -0.0509. The number of ether oxygens (including phenoxy) is 1. The van der Waals surface area contributed by atoms with Crippen molar-refractivity contribution in [2.45, 2.75) is 53.4 Å². The standard InChI is InChI=1S/C22H34N2O3/c1-16(2)21(26)24-11-7-10-23(12-13-24)20(25)15-27-19-9-8-17(3)14-18(19)22(4,5)6/h8-9,14,16H,7,10-13,15H2,1-6H3. The highest BCUT2D eigenvalue weighted by molar-refractivity contribution is 5.79. The molecule has 1 saturated heterocycles. The van der Waals surface area contributed by atoms with Crippen molar-refractivity contribution < 1.29 is 14.3 Å². The maximum atomic E-state index is 12.7. The second-order valence-electron chi connectivity index (χ2n) is 8.75. The highest BCUT2D eigenvalue weighted by Crippen LogP contribution is 2.32. The highest BCUT2D eigenvalue weighted by Gasteiger charge is 2.24. The summed E-state index contributed by atoms with van der Waals surface area (Å²) in [5.41, 5.74) is 2.24. The Morgan fingerprint density at radius 1 is 1.07 bits per heavy atom. The molecule has 2 rings (SSSR count). The summed E-state index contributed by atoms with van der Waals surface area (Å²) in [6.45, 7) is 14.9. The third kappa shape index (κ3) is 5.72. The van der Waals surface area contributed by atoms with Gasteiger partial charge >= 0.3 is 0 Å². The minimum absolute atomic E-state index is 0.00654.